The van der Waals surface area contributed by atoms with Gasteiger partial charge in [0.25, 0.3) is 0 Å². The Kier molecular flexibility index (Phi) is 22.5. The van der Waals surface area contributed by atoms with Crippen molar-refractivity contribution >= 4 is 0 Å². The van der Waals surface area contributed by atoms with Crippen LogP contribution >= 0.6 is 0 Å². The molecular weight excluding hydrogens is 1150 g/mol. The third-order valence-electron chi connectivity index (χ3n) is 13.3. The molecule has 0 aliphatic carbocycles. The van der Waals surface area contributed by atoms with Gasteiger partial charge in [-0.25, -0.2) is 19.9 Å². The summed E-state index contributed by atoms with van der Waals surface area (Å²) in [6.45, 7) is 24.8. The Bertz CT molecular complexity index is 3480. The van der Waals surface area contributed by atoms with Crippen molar-refractivity contribution in [2.24, 2.45) is 0 Å². The van der Waals surface area contributed by atoms with Crippen LogP contribution in [-0.2, 0) is 33.6 Å². The number of hydrogen-bond acceptors (Lipinski definition) is 12. The van der Waals surface area contributed by atoms with Crippen LogP contribution in [0.15, 0.2) is 195 Å². The van der Waals surface area contributed by atoms with Crippen molar-refractivity contribution in [2.45, 2.75) is 83.1 Å². The zero-order valence-electron chi connectivity index (χ0n) is 50.5. The van der Waals surface area contributed by atoms with E-state index in [0.717, 1.165) is 113 Å². The summed E-state index contributed by atoms with van der Waals surface area (Å²) in [6, 6.07) is 48.8. The molecule has 0 atom stereocenters. The Morgan fingerprint density at radius 3 is 0.372 bits per heavy atom. The van der Waals surface area contributed by atoms with Crippen LogP contribution in [0.4, 0.5) is 0 Å². The number of hydrogen-bond donors (Lipinski definition) is 0. The van der Waals surface area contributed by atoms with Crippen LogP contribution in [0.5, 0.6) is 0 Å². The summed E-state index contributed by atoms with van der Waals surface area (Å²) in [4.78, 5) is 54.3. The Balaban J connectivity index is 0.000000163. The zero-order chi connectivity index (χ0) is 59.3. The maximum Gasteiger partial charge on any atom is 3.00 e. The van der Waals surface area contributed by atoms with Crippen molar-refractivity contribution < 1.29 is 33.6 Å². The predicted molar refractivity (Wildman–Crippen MR) is 340 cm³/mol. The molecule has 0 N–H and O–H groups in total. The molecule has 0 saturated heterocycles. The van der Waals surface area contributed by atoms with E-state index in [1.807, 2.05) is 98.1 Å². The maximum absolute atomic E-state index is 4.73. The third kappa shape index (κ3) is 17.9. The fraction of sp³-hybridized carbons (Fsp3) is 0.167. The average Bonchev–Trinajstić information content (AvgIpc) is 1.87. The van der Waals surface area contributed by atoms with Crippen molar-refractivity contribution in [3.05, 3.63) is 262 Å². The molecule has 0 bridgehead atoms. The van der Waals surface area contributed by atoms with E-state index in [1.165, 1.54) is 44.5 Å². The summed E-state index contributed by atoms with van der Waals surface area (Å²) in [5.41, 5.74) is 28.3. The number of aromatic nitrogens is 12. The van der Waals surface area contributed by atoms with Gasteiger partial charge in [-0.1, -0.05) is 0 Å². The molecule has 0 aromatic carbocycles. The number of pyridine rings is 12. The van der Waals surface area contributed by atoms with Crippen molar-refractivity contribution in [3.63, 3.8) is 0 Å². The summed E-state index contributed by atoms with van der Waals surface area (Å²) in [5.74, 6) is 0. The quantitative estimate of drug-likeness (QED) is 0.142. The molecule has 12 rings (SSSR count). The molecule has 1 radical (unpaired) electrons. The van der Waals surface area contributed by atoms with Gasteiger partial charge in [0.15, 0.2) is 0 Å². The second kappa shape index (κ2) is 30.1. The van der Waals surface area contributed by atoms with Gasteiger partial charge in [-0.2, -0.15) is 0 Å². The predicted octanol–water partition coefficient (Wildman–Crippen LogP) is 16.5. The minimum absolute atomic E-state index is 0. The molecule has 12 heterocycles. The first kappa shape index (κ1) is 64.4. The van der Waals surface area contributed by atoms with Crippen molar-refractivity contribution in [2.75, 3.05) is 0 Å². The minimum Gasteiger partial charge on any atom is -0.255 e. The van der Waals surface area contributed by atoms with Crippen molar-refractivity contribution in [1.29, 1.82) is 0 Å². The van der Waals surface area contributed by atoms with Crippen LogP contribution in [0.3, 0.4) is 0 Å². The molecule has 429 valence electrons. The van der Waals surface area contributed by atoms with E-state index in [4.69, 9.17) is 19.9 Å². The molecule has 0 amide bonds. The topological polar surface area (TPSA) is 155 Å². The van der Waals surface area contributed by atoms with Gasteiger partial charge >= 0.3 is 33.6 Å². The number of aryl methyl sites for hydroxylation is 12. The Hall–Kier alpha value is -9.19. The molecule has 12 aromatic rings. The van der Waals surface area contributed by atoms with Crippen LogP contribution in [0.2, 0.25) is 0 Å². The van der Waals surface area contributed by atoms with Crippen molar-refractivity contribution in [3.8, 4) is 91.1 Å². The summed E-state index contributed by atoms with van der Waals surface area (Å²) < 4.78 is 0. The summed E-state index contributed by atoms with van der Waals surface area (Å²) in [6.07, 6.45) is 14.5. The van der Waals surface area contributed by atoms with Gasteiger partial charge in [0.1, 0.15) is 0 Å². The molecule has 14 heteroatoms. The summed E-state index contributed by atoms with van der Waals surface area (Å²) in [7, 11) is 0. The molecular formula is C72H68Co2N12+5. The van der Waals surface area contributed by atoms with Crippen LogP contribution in [-0.4, -0.2) is 59.8 Å². The first-order chi connectivity index (χ1) is 40.5. The Morgan fingerprint density at radius 2 is 0.267 bits per heavy atom. The molecule has 0 aliphatic heterocycles. The van der Waals surface area contributed by atoms with Gasteiger partial charge in [-0.05, 0) is 295 Å². The standard InChI is InChI=1S/4C18H17N3.2Co/c4*1-12-4-6-19-15(8-12)17-10-14(3)11-18(21-17)16-9-13(2)5-7-20-16;;/h4*4-11H,1-3H3;;/q;;;;+2;+3. The minimum atomic E-state index is 0. The second-order valence-electron chi connectivity index (χ2n) is 21.4. The molecule has 0 saturated carbocycles. The van der Waals surface area contributed by atoms with Crippen LogP contribution in [0.1, 0.15) is 66.8 Å². The van der Waals surface area contributed by atoms with E-state index in [1.54, 1.807) is 0 Å². The van der Waals surface area contributed by atoms with E-state index in [-0.39, 0.29) is 33.6 Å². The smallest absolute Gasteiger partial charge is 0.255 e. The van der Waals surface area contributed by atoms with E-state index < -0.39 is 0 Å². The molecule has 12 nitrogen and oxygen atoms in total. The van der Waals surface area contributed by atoms with Gasteiger partial charge in [0.05, 0.1) is 91.1 Å². The monoisotopic (exact) mass is 1220 g/mol. The molecule has 86 heavy (non-hydrogen) atoms. The largest absolute Gasteiger partial charge is 3.00 e. The van der Waals surface area contributed by atoms with Gasteiger partial charge in [-0.3, -0.25) is 39.9 Å². The molecule has 0 fully saturated rings. The normalized spacial score (nSPS) is 10.4. The van der Waals surface area contributed by atoms with Gasteiger partial charge in [0.2, 0.25) is 0 Å². The van der Waals surface area contributed by atoms with E-state index in [2.05, 4.69) is 220 Å². The van der Waals surface area contributed by atoms with E-state index in [9.17, 15) is 0 Å². The van der Waals surface area contributed by atoms with E-state index >= 15 is 0 Å². The van der Waals surface area contributed by atoms with Crippen LogP contribution in [0.25, 0.3) is 91.1 Å². The van der Waals surface area contributed by atoms with E-state index in [0.29, 0.717) is 0 Å². The molecule has 0 aliphatic rings. The fourth-order valence-electron chi connectivity index (χ4n) is 9.13. The molecule has 0 spiro atoms. The molecule has 0 unspecified atom stereocenters. The van der Waals surface area contributed by atoms with Crippen LogP contribution < -0.4 is 0 Å². The third-order valence-corrected chi connectivity index (χ3v) is 13.3. The maximum atomic E-state index is 4.73. The second-order valence-corrected chi connectivity index (χ2v) is 21.4. The number of nitrogens with zero attached hydrogens (tertiary/aromatic N) is 12. The van der Waals surface area contributed by atoms with Gasteiger partial charge in [0, 0.05) is 49.6 Å². The molecule has 12 aromatic heterocycles. The number of rotatable bonds is 8. The Labute approximate surface area is 526 Å². The van der Waals surface area contributed by atoms with Gasteiger partial charge in [-0.15, -0.1) is 0 Å². The first-order valence-electron chi connectivity index (χ1n) is 27.9. The fourth-order valence-corrected chi connectivity index (χ4v) is 9.13. The summed E-state index contributed by atoms with van der Waals surface area (Å²) in [5, 5.41) is 0. The van der Waals surface area contributed by atoms with Gasteiger partial charge < -0.3 is 0 Å². The summed E-state index contributed by atoms with van der Waals surface area (Å²) >= 11 is 0. The van der Waals surface area contributed by atoms with Crippen molar-refractivity contribution in [1.82, 2.24) is 59.8 Å². The first-order valence-corrected chi connectivity index (χ1v) is 27.9. The Morgan fingerprint density at radius 1 is 0.163 bits per heavy atom. The van der Waals surface area contributed by atoms with Crippen LogP contribution in [0, 0.1) is 83.1 Å². The average molecular weight is 1220 g/mol. The SMILES string of the molecule is Cc1ccnc(-c2cc(C)cc(-c3cc(C)ccn3)n2)c1.Cc1ccnc(-c2cc(C)cc(-c3cc(C)ccn3)n2)c1.Cc1ccnc(-c2cc(C)cc(-c3cc(C)ccn3)n2)c1.Cc1ccnc(-c2cc(C)cc(-c3cc(C)ccn3)n2)c1.[Co+2].[Co+3]. The zero-order valence-corrected chi connectivity index (χ0v) is 52.6.